The molecule has 5 N–H and O–H groups in total. The molecular weight excluding hydrogens is 977 g/mol. The molecule has 0 aromatic rings. The molecule has 0 aromatic carbocycles. The van der Waals surface area contributed by atoms with Crippen LogP contribution >= 0.6 is 0 Å². The van der Waals surface area contributed by atoms with Gasteiger partial charge in [-0.05, 0) is 123 Å². The number of aliphatic hydroxyl groups excluding tert-OH is 3. The lowest BCUT2D eigenvalue weighted by Crippen LogP contribution is -2.74. The minimum Gasteiger partial charge on any atom is -0.481 e. The summed E-state index contributed by atoms with van der Waals surface area (Å²) in [4.78, 5) is 11.4. The van der Waals surface area contributed by atoms with E-state index in [2.05, 4.69) is 66.3 Å². The van der Waals surface area contributed by atoms with Crippen LogP contribution in [0, 0.1) is 23.7 Å². The van der Waals surface area contributed by atoms with Crippen LogP contribution in [0.4, 0.5) is 0 Å². The van der Waals surface area contributed by atoms with E-state index in [1.165, 1.54) is 0 Å². The summed E-state index contributed by atoms with van der Waals surface area (Å²) < 4.78 is 70.0. The van der Waals surface area contributed by atoms with Crippen molar-refractivity contribution >= 4 is 5.97 Å². The molecule has 0 aliphatic carbocycles. The summed E-state index contributed by atoms with van der Waals surface area (Å²) in [5, 5.41) is 54.8. The lowest BCUT2D eigenvalue weighted by molar-refractivity contribution is -0.369. The molecule has 9 fully saturated rings. The summed E-state index contributed by atoms with van der Waals surface area (Å²) in [6, 6.07) is 0. The van der Waals surface area contributed by atoms with Crippen molar-refractivity contribution in [2.24, 2.45) is 23.7 Å². The molecule has 10 aliphatic heterocycles. The Hall–Kier alpha value is -1.87. The van der Waals surface area contributed by atoms with Crippen LogP contribution < -0.4 is 0 Å². The first-order valence-electron chi connectivity index (χ1n) is 29.4. The van der Waals surface area contributed by atoms with E-state index >= 15 is 0 Å². The fourth-order valence-electron chi connectivity index (χ4n) is 16.0. The van der Waals surface area contributed by atoms with E-state index in [4.69, 9.17) is 47.4 Å². The summed E-state index contributed by atoms with van der Waals surface area (Å²) in [5.74, 6) is -0.759. The zero-order valence-corrected chi connectivity index (χ0v) is 47.2. The molecule has 0 radical (unpaired) electrons. The Labute approximate surface area is 451 Å². The maximum absolute atomic E-state index is 12.4. The molecule has 10 heterocycles. The van der Waals surface area contributed by atoms with Crippen molar-refractivity contribution in [1.29, 1.82) is 0 Å². The third kappa shape index (κ3) is 11.2. The van der Waals surface area contributed by atoms with Gasteiger partial charge in [-0.1, -0.05) is 58.1 Å². The van der Waals surface area contributed by atoms with Crippen molar-refractivity contribution in [3.8, 4) is 0 Å². The van der Waals surface area contributed by atoms with Crippen LogP contribution in [0.25, 0.3) is 0 Å². The standard InChI is InChI=1S/C60H94O16/c1-31(19-32(2)29-61)20-42-34(4)22-48-57(8,75-42)28-45-54(72-48)55(65)60(11)50(70-45)27-44-53(76-60)33(3)13-12-14-40-39(68-44)15-16-46-58(9,73-40)30-59(10)49(71-46)26-43-41(74-59)17-18-56(7,66)47(69-43)25-37(62)24-38-21-35(5)52(67-38)36(6)23-51(63)64/h12-13,19,32-33,35-50,52-55,61-62,65-66H,4,14-18,20-30H2,1-3,5-11H3,(H,63,64)/b13-12-,31-19+/t32?,33-,35?,36?,37?,38?,39-,40+,41-,42+,43+,44+,45+,46+,47-,48+,49-,50-,52?,53-,54+,55-,56-,57-,58-,59+,60-/m0/s1. The number of carboxylic acid groups (broad SMARTS) is 1. The van der Waals surface area contributed by atoms with Crippen molar-refractivity contribution in [2.45, 2.75) is 303 Å². The summed E-state index contributed by atoms with van der Waals surface area (Å²) in [6.45, 7) is 24.9. The smallest absolute Gasteiger partial charge is 0.303 e. The van der Waals surface area contributed by atoms with E-state index in [0.29, 0.717) is 77.0 Å². The average Bonchev–Trinajstić information content (AvgIpc) is 3.71. The molecule has 0 aromatic heterocycles. The molecule has 6 unspecified atom stereocenters. The van der Waals surface area contributed by atoms with Crippen LogP contribution in [0.1, 0.15) is 166 Å². The number of fused-ring (bicyclic) bond motifs is 8. The predicted molar refractivity (Wildman–Crippen MR) is 280 cm³/mol. The highest BCUT2D eigenvalue weighted by Gasteiger charge is 2.65. The van der Waals surface area contributed by atoms with Crippen LogP contribution in [0.2, 0.25) is 0 Å². The molecule has 10 aliphatic rings. The number of aliphatic carboxylic acids is 1. The van der Waals surface area contributed by atoms with Gasteiger partial charge in [-0.25, -0.2) is 0 Å². The SMILES string of the molecule is C=C1C[C@H]2O[C@@H]3[C@@H](C[C@]2(C)O[C@@H]1C/C(C)=C/C(C)CO)O[C@H]1C[C@H]2O[C@H]4CC[C@H]5O[C@H]6C[C@H]7O[C@@H](CC(O)CC8CC(C)C(C(C)CC(=O)O)O8)[C@@](C)(O)CC[C@@H]7O[C@]6(C)C[C@]5(C)O[C@@H]4C/C=C\[C@H](C)[C@@H]2O[C@]1(C)[C@H]3O. The van der Waals surface area contributed by atoms with E-state index in [9.17, 15) is 30.3 Å². The van der Waals surface area contributed by atoms with Crippen molar-refractivity contribution in [3.05, 3.63) is 36.0 Å². The van der Waals surface area contributed by atoms with Crippen LogP contribution in [0.3, 0.4) is 0 Å². The van der Waals surface area contributed by atoms with Crippen LogP contribution in [0.5, 0.6) is 0 Å². The first-order chi connectivity index (χ1) is 35.8. The molecule has 16 heteroatoms. The Morgan fingerprint density at radius 2 is 1.53 bits per heavy atom. The highest BCUT2D eigenvalue weighted by atomic mass is 16.6. The maximum atomic E-state index is 12.4. The first-order valence-corrected chi connectivity index (χ1v) is 29.4. The van der Waals surface area contributed by atoms with Gasteiger partial charge in [0.15, 0.2) is 0 Å². The number of hydrogen-bond acceptors (Lipinski definition) is 15. The van der Waals surface area contributed by atoms with E-state index in [1.54, 1.807) is 6.92 Å². The molecular formula is C60H94O16. The molecule has 0 saturated carbocycles. The van der Waals surface area contributed by atoms with E-state index in [1.807, 2.05) is 20.8 Å². The molecule has 9 saturated heterocycles. The fourth-order valence-corrected chi connectivity index (χ4v) is 16.0. The van der Waals surface area contributed by atoms with Gasteiger partial charge in [-0.3, -0.25) is 4.79 Å². The predicted octanol–water partition coefficient (Wildman–Crippen LogP) is 7.23. The second kappa shape index (κ2) is 21.8. The van der Waals surface area contributed by atoms with Gasteiger partial charge >= 0.3 is 5.97 Å². The van der Waals surface area contributed by atoms with Crippen molar-refractivity contribution in [3.63, 3.8) is 0 Å². The van der Waals surface area contributed by atoms with Gasteiger partial charge < -0.3 is 72.9 Å². The number of ether oxygens (including phenoxy) is 10. The van der Waals surface area contributed by atoms with Crippen LogP contribution in [-0.4, -0.2) is 176 Å². The number of rotatable bonds is 11. The largest absolute Gasteiger partial charge is 0.481 e. The number of aliphatic hydroxyl groups is 4. The molecule has 27 atom stereocenters. The summed E-state index contributed by atoms with van der Waals surface area (Å²) >= 11 is 0. The second-order valence-corrected chi connectivity index (χ2v) is 27.0. The molecule has 16 nitrogen and oxygen atoms in total. The van der Waals surface area contributed by atoms with Gasteiger partial charge in [0, 0.05) is 44.6 Å². The van der Waals surface area contributed by atoms with Crippen molar-refractivity contribution < 1.29 is 77.7 Å². The van der Waals surface area contributed by atoms with E-state index < -0.39 is 70.6 Å². The first kappa shape index (κ1) is 57.4. The highest BCUT2D eigenvalue weighted by Crippen LogP contribution is 2.54. The minimum atomic E-state index is -1.20. The van der Waals surface area contributed by atoms with E-state index in [0.717, 1.165) is 17.6 Å². The van der Waals surface area contributed by atoms with Gasteiger partial charge in [-0.15, -0.1) is 0 Å². The third-order valence-corrected chi connectivity index (χ3v) is 20.2. The Morgan fingerprint density at radius 3 is 2.28 bits per heavy atom. The molecule has 10 rings (SSSR count). The number of carbonyl (C=O) groups is 1. The van der Waals surface area contributed by atoms with Gasteiger partial charge in [0.25, 0.3) is 0 Å². The van der Waals surface area contributed by atoms with Gasteiger partial charge in [0.2, 0.25) is 0 Å². The van der Waals surface area contributed by atoms with Crippen LogP contribution in [0.15, 0.2) is 36.0 Å². The quantitative estimate of drug-likeness (QED) is 0.129. The lowest BCUT2D eigenvalue weighted by Gasteiger charge is -2.61. The zero-order valence-electron chi connectivity index (χ0n) is 47.2. The summed E-state index contributed by atoms with van der Waals surface area (Å²) in [6.07, 6.45) is 7.40. The molecule has 76 heavy (non-hydrogen) atoms. The monoisotopic (exact) mass is 1070 g/mol. The zero-order chi connectivity index (χ0) is 54.4. The molecule has 430 valence electrons. The van der Waals surface area contributed by atoms with Gasteiger partial charge in [0.05, 0.1) is 126 Å². The summed E-state index contributed by atoms with van der Waals surface area (Å²) in [5.41, 5.74) is -2.18. The Kier molecular flexibility index (Phi) is 16.5. The van der Waals surface area contributed by atoms with Crippen molar-refractivity contribution in [1.82, 2.24) is 0 Å². The topological polar surface area (TPSA) is 211 Å². The molecule has 0 spiro atoms. The lowest BCUT2D eigenvalue weighted by atomic mass is 9.72. The normalized spacial score (nSPS) is 52.1. The molecule has 0 amide bonds. The minimum absolute atomic E-state index is 0.0239. The third-order valence-electron chi connectivity index (χ3n) is 20.2. The van der Waals surface area contributed by atoms with Crippen molar-refractivity contribution in [2.75, 3.05) is 6.61 Å². The summed E-state index contributed by atoms with van der Waals surface area (Å²) in [7, 11) is 0. The van der Waals surface area contributed by atoms with Crippen LogP contribution in [-0.2, 0) is 52.2 Å². The Bertz CT molecular complexity index is 2150. The number of hydrogen-bond donors (Lipinski definition) is 5. The number of carboxylic acids is 1. The highest BCUT2D eigenvalue weighted by molar-refractivity contribution is 5.67. The maximum Gasteiger partial charge on any atom is 0.303 e. The van der Waals surface area contributed by atoms with Gasteiger partial charge in [-0.2, -0.15) is 0 Å². The Balaban J connectivity index is 0.794. The molecule has 0 bridgehead atoms. The fraction of sp³-hybridized carbons (Fsp3) is 0.883. The average molecular weight is 1070 g/mol. The van der Waals surface area contributed by atoms with E-state index in [-0.39, 0.29) is 116 Å². The second-order valence-electron chi connectivity index (χ2n) is 27.0. The van der Waals surface area contributed by atoms with Gasteiger partial charge in [0.1, 0.15) is 17.8 Å². The Morgan fingerprint density at radius 1 is 0.789 bits per heavy atom.